The number of aliphatic carboxylic acids is 1. The van der Waals surface area contributed by atoms with Crippen LogP contribution in [0.15, 0.2) is 0 Å². The highest BCUT2D eigenvalue weighted by molar-refractivity contribution is 5.85. The Hall–Kier alpha value is -1.83. The largest absolute Gasteiger partial charge is 0.480 e. The van der Waals surface area contributed by atoms with E-state index in [0.29, 0.717) is 13.2 Å². The van der Waals surface area contributed by atoms with Gasteiger partial charge in [0, 0.05) is 26.2 Å². The van der Waals surface area contributed by atoms with E-state index >= 15 is 0 Å². The van der Waals surface area contributed by atoms with Gasteiger partial charge in [-0.25, -0.2) is 4.79 Å². The lowest BCUT2D eigenvalue weighted by Crippen LogP contribution is -2.54. The van der Waals surface area contributed by atoms with Crippen molar-refractivity contribution in [2.24, 2.45) is 0 Å². The van der Waals surface area contributed by atoms with Gasteiger partial charge in [-0.05, 0) is 20.8 Å². The standard InChI is InChI=1S/C13H25N3O5/c1-13(2,3)16(9-11(18)19)12(20)15(4)8-10(17)14-6-7-21-5/h6-9H2,1-5H3,(H,14,17)(H,18,19). The molecule has 0 heterocycles. The van der Waals surface area contributed by atoms with Gasteiger partial charge in [-0.3, -0.25) is 9.59 Å². The lowest BCUT2D eigenvalue weighted by atomic mass is 10.1. The third-order valence-electron chi connectivity index (χ3n) is 2.67. The van der Waals surface area contributed by atoms with Crippen LogP contribution in [-0.4, -0.2) is 78.8 Å². The average molecular weight is 303 g/mol. The van der Waals surface area contributed by atoms with Crippen molar-refractivity contribution in [3.05, 3.63) is 0 Å². The quantitative estimate of drug-likeness (QED) is 0.644. The first-order valence-electron chi connectivity index (χ1n) is 6.59. The molecule has 0 aliphatic rings. The normalized spacial score (nSPS) is 10.9. The number of nitrogens with zero attached hydrogens (tertiary/aromatic N) is 2. The predicted octanol–water partition coefficient (Wildman–Crippen LogP) is -0.0141. The van der Waals surface area contributed by atoms with Crippen molar-refractivity contribution >= 4 is 17.9 Å². The molecule has 0 aromatic carbocycles. The summed E-state index contributed by atoms with van der Waals surface area (Å²) in [7, 11) is 2.98. The molecule has 0 saturated heterocycles. The van der Waals surface area contributed by atoms with E-state index in [1.54, 1.807) is 20.8 Å². The number of hydrogen-bond acceptors (Lipinski definition) is 4. The first kappa shape index (κ1) is 19.2. The number of carboxylic acids is 1. The SMILES string of the molecule is COCCNC(=O)CN(C)C(=O)N(CC(=O)O)C(C)(C)C. The molecular formula is C13H25N3O5. The summed E-state index contributed by atoms with van der Waals surface area (Å²) < 4.78 is 4.80. The zero-order chi connectivity index (χ0) is 16.6. The summed E-state index contributed by atoms with van der Waals surface area (Å²) in [5.74, 6) is -1.43. The zero-order valence-electron chi connectivity index (χ0n) is 13.3. The van der Waals surface area contributed by atoms with E-state index in [-0.39, 0.29) is 12.5 Å². The van der Waals surface area contributed by atoms with E-state index in [0.717, 1.165) is 0 Å². The molecule has 0 radical (unpaired) electrons. The molecule has 0 aliphatic carbocycles. The molecule has 0 bridgehead atoms. The van der Waals surface area contributed by atoms with Gasteiger partial charge in [-0.2, -0.15) is 0 Å². The molecular weight excluding hydrogens is 278 g/mol. The third kappa shape index (κ3) is 7.50. The van der Waals surface area contributed by atoms with Gasteiger partial charge in [0.25, 0.3) is 0 Å². The van der Waals surface area contributed by atoms with E-state index in [2.05, 4.69) is 5.32 Å². The second-order valence-electron chi connectivity index (χ2n) is 5.63. The summed E-state index contributed by atoms with van der Waals surface area (Å²) in [6.45, 7) is 5.39. The molecule has 0 rings (SSSR count). The van der Waals surface area contributed by atoms with Crippen molar-refractivity contribution in [2.45, 2.75) is 26.3 Å². The highest BCUT2D eigenvalue weighted by Gasteiger charge is 2.31. The maximum Gasteiger partial charge on any atom is 0.323 e. The Balaban J connectivity index is 4.63. The molecule has 0 aromatic heterocycles. The highest BCUT2D eigenvalue weighted by Crippen LogP contribution is 2.15. The number of ether oxygens (including phenoxy) is 1. The number of amides is 3. The number of carboxylic acid groups (broad SMARTS) is 1. The van der Waals surface area contributed by atoms with Crippen LogP contribution in [0.1, 0.15) is 20.8 Å². The van der Waals surface area contributed by atoms with Crippen LogP contribution in [0, 0.1) is 0 Å². The minimum Gasteiger partial charge on any atom is -0.480 e. The van der Waals surface area contributed by atoms with Crippen LogP contribution in [0.5, 0.6) is 0 Å². The second-order valence-corrected chi connectivity index (χ2v) is 5.63. The van der Waals surface area contributed by atoms with Crippen LogP contribution in [0.4, 0.5) is 4.79 Å². The number of nitrogens with one attached hydrogen (secondary N) is 1. The van der Waals surface area contributed by atoms with Crippen LogP contribution in [0.25, 0.3) is 0 Å². The Morgan fingerprint density at radius 1 is 1.19 bits per heavy atom. The molecule has 0 aromatic rings. The second kappa shape index (κ2) is 8.46. The van der Waals surface area contributed by atoms with Crippen LogP contribution in [0.2, 0.25) is 0 Å². The Morgan fingerprint density at radius 2 is 1.76 bits per heavy atom. The monoisotopic (exact) mass is 303 g/mol. The van der Waals surface area contributed by atoms with Crippen molar-refractivity contribution in [3.8, 4) is 0 Å². The third-order valence-corrected chi connectivity index (χ3v) is 2.67. The molecule has 0 unspecified atom stereocenters. The topological polar surface area (TPSA) is 99.2 Å². The summed E-state index contributed by atoms with van der Waals surface area (Å²) in [4.78, 5) is 37.2. The van der Waals surface area contributed by atoms with Gasteiger partial charge in [0.2, 0.25) is 5.91 Å². The fourth-order valence-corrected chi connectivity index (χ4v) is 1.56. The van der Waals surface area contributed by atoms with Crippen molar-refractivity contribution < 1.29 is 24.2 Å². The smallest absolute Gasteiger partial charge is 0.323 e. The van der Waals surface area contributed by atoms with Crippen molar-refractivity contribution in [3.63, 3.8) is 0 Å². The number of carbonyl (C=O) groups is 3. The number of carbonyl (C=O) groups excluding carboxylic acids is 2. The maximum atomic E-state index is 12.3. The molecule has 2 N–H and O–H groups in total. The number of likely N-dealkylation sites (N-methyl/N-ethyl adjacent to an activating group) is 1. The first-order chi connectivity index (χ1) is 9.59. The zero-order valence-corrected chi connectivity index (χ0v) is 13.3. The van der Waals surface area contributed by atoms with Gasteiger partial charge in [0.05, 0.1) is 6.61 Å². The fourth-order valence-electron chi connectivity index (χ4n) is 1.56. The minimum absolute atomic E-state index is 0.144. The summed E-state index contributed by atoms with van der Waals surface area (Å²) in [5, 5.41) is 11.5. The van der Waals surface area contributed by atoms with Gasteiger partial charge < -0.3 is 25.0 Å². The number of rotatable bonds is 7. The molecule has 3 amide bonds. The Morgan fingerprint density at radius 3 is 2.19 bits per heavy atom. The van der Waals surface area contributed by atoms with Crippen molar-refractivity contribution in [1.82, 2.24) is 15.1 Å². The molecule has 0 atom stereocenters. The molecule has 122 valence electrons. The van der Waals surface area contributed by atoms with E-state index in [4.69, 9.17) is 9.84 Å². The first-order valence-corrected chi connectivity index (χ1v) is 6.59. The summed E-state index contributed by atoms with van der Waals surface area (Å²) in [6, 6.07) is -0.508. The number of methoxy groups -OCH3 is 1. The van der Waals surface area contributed by atoms with Gasteiger partial charge >= 0.3 is 12.0 Å². The van der Waals surface area contributed by atoms with Gasteiger partial charge in [-0.1, -0.05) is 0 Å². The summed E-state index contributed by atoms with van der Waals surface area (Å²) >= 11 is 0. The Labute approximate surface area is 125 Å². The van der Waals surface area contributed by atoms with Gasteiger partial charge in [0.1, 0.15) is 13.1 Å². The average Bonchev–Trinajstić information content (AvgIpc) is 2.33. The molecule has 8 heteroatoms. The van der Waals surface area contributed by atoms with Crippen molar-refractivity contribution in [2.75, 3.05) is 40.4 Å². The molecule has 0 saturated carbocycles. The number of urea groups is 1. The lowest BCUT2D eigenvalue weighted by molar-refractivity contribution is -0.138. The fraction of sp³-hybridized carbons (Fsp3) is 0.769. The van der Waals surface area contributed by atoms with Crippen LogP contribution < -0.4 is 5.32 Å². The molecule has 21 heavy (non-hydrogen) atoms. The van der Waals surface area contributed by atoms with Crippen LogP contribution in [-0.2, 0) is 14.3 Å². The molecule has 0 fully saturated rings. The Bertz CT molecular complexity index is 378. The Kier molecular flexibility index (Phi) is 7.72. The van der Waals surface area contributed by atoms with E-state index in [1.165, 1.54) is 24.0 Å². The molecule has 8 nitrogen and oxygen atoms in total. The van der Waals surface area contributed by atoms with Gasteiger partial charge in [0.15, 0.2) is 0 Å². The van der Waals surface area contributed by atoms with E-state index < -0.39 is 24.1 Å². The number of hydrogen-bond donors (Lipinski definition) is 2. The minimum atomic E-state index is -1.10. The summed E-state index contributed by atoms with van der Waals surface area (Å²) in [5.41, 5.74) is -0.656. The molecule has 0 spiro atoms. The van der Waals surface area contributed by atoms with E-state index in [9.17, 15) is 14.4 Å². The van der Waals surface area contributed by atoms with E-state index in [1.807, 2.05) is 0 Å². The highest BCUT2D eigenvalue weighted by atomic mass is 16.5. The summed E-state index contributed by atoms with van der Waals surface area (Å²) in [6.07, 6.45) is 0. The van der Waals surface area contributed by atoms with Crippen molar-refractivity contribution in [1.29, 1.82) is 0 Å². The van der Waals surface area contributed by atoms with Gasteiger partial charge in [-0.15, -0.1) is 0 Å². The van der Waals surface area contributed by atoms with Crippen LogP contribution in [0.3, 0.4) is 0 Å². The maximum absolute atomic E-state index is 12.3. The van der Waals surface area contributed by atoms with Crippen LogP contribution >= 0.6 is 0 Å². The lowest BCUT2D eigenvalue weighted by Gasteiger charge is -2.37. The predicted molar refractivity (Wildman–Crippen MR) is 77.0 cm³/mol. The molecule has 0 aliphatic heterocycles.